The summed E-state index contributed by atoms with van der Waals surface area (Å²) in [6.45, 7) is 0.733. The van der Waals surface area contributed by atoms with Crippen LogP contribution in [0.1, 0.15) is 32.1 Å². The normalized spacial score (nSPS) is 13.3. The summed E-state index contributed by atoms with van der Waals surface area (Å²) in [6.07, 6.45) is 3.68. The van der Waals surface area contributed by atoms with Gasteiger partial charge in [-0.1, -0.05) is 18.2 Å². The Morgan fingerprint density at radius 2 is 1.77 bits per heavy atom. The maximum Gasteiger partial charge on any atom is 0.356 e. The summed E-state index contributed by atoms with van der Waals surface area (Å²) >= 11 is 0. The summed E-state index contributed by atoms with van der Waals surface area (Å²) in [7, 11) is 0. The average Bonchev–Trinajstić information content (AvgIpc) is 3.08. The number of hydrogen-bond acceptors (Lipinski definition) is 4. The van der Waals surface area contributed by atoms with E-state index in [9.17, 15) is 14.7 Å². The number of fused-ring (bicyclic) bond motifs is 1. The molecule has 1 N–H and O–H groups in total. The van der Waals surface area contributed by atoms with Crippen molar-refractivity contribution in [2.45, 2.75) is 13.0 Å². The number of nitrogens with zero attached hydrogens (tertiary/aromatic N) is 4. The number of carbonyl (C=O) groups is 2. The van der Waals surface area contributed by atoms with Crippen LogP contribution in [0.25, 0.3) is 5.69 Å². The van der Waals surface area contributed by atoms with Crippen LogP contribution in [-0.4, -0.2) is 43.2 Å². The number of aromatic nitrogens is 3. The van der Waals surface area contributed by atoms with Crippen molar-refractivity contribution in [3.8, 4) is 5.69 Å². The molecule has 2 aromatic heterocycles. The first-order valence-electron chi connectivity index (χ1n) is 8.24. The number of hydrogen-bond donors (Lipinski definition) is 1. The minimum atomic E-state index is -1.09. The van der Waals surface area contributed by atoms with Crippen molar-refractivity contribution in [2.24, 2.45) is 0 Å². The molecule has 0 saturated heterocycles. The van der Waals surface area contributed by atoms with E-state index in [0.717, 1.165) is 11.4 Å². The molecule has 4 rings (SSSR count). The SMILES string of the molecule is O=C(O)c1nn(-c2ccccc2)c2c1CN(C(=O)c1ccncc1)CC2. The second kappa shape index (κ2) is 6.44. The fourth-order valence-electron chi connectivity index (χ4n) is 3.22. The second-order valence-corrected chi connectivity index (χ2v) is 6.04. The van der Waals surface area contributed by atoms with Gasteiger partial charge in [-0.3, -0.25) is 9.78 Å². The monoisotopic (exact) mass is 348 g/mol. The van der Waals surface area contributed by atoms with Crippen LogP contribution < -0.4 is 0 Å². The van der Waals surface area contributed by atoms with Crippen LogP contribution in [0.15, 0.2) is 54.9 Å². The standard InChI is InChI=1S/C19H16N4O3/c24-18(13-6-9-20-10-7-13)22-11-8-16-15(12-22)17(19(25)26)21-23(16)14-4-2-1-3-5-14/h1-7,9-10H,8,11-12H2,(H,25,26). The second-order valence-electron chi connectivity index (χ2n) is 6.04. The molecule has 0 aliphatic carbocycles. The summed E-state index contributed by atoms with van der Waals surface area (Å²) in [5.74, 6) is -1.23. The first-order valence-corrected chi connectivity index (χ1v) is 8.24. The number of benzene rings is 1. The average molecular weight is 348 g/mol. The van der Waals surface area contributed by atoms with Crippen molar-refractivity contribution >= 4 is 11.9 Å². The van der Waals surface area contributed by atoms with Gasteiger partial charge in [-0.25, -0.2) is 9.48 Å². The van der Waals surface area contributed by atoms with Crippen molar-refractivity contribution < 1.29 is 14.7 Å². The smallest absolute Gasteiger partial charge is 0.356 e. The highest BCUT2D eigenvalue weighted by Crippen LogP contribution is 2.26. The van der Waals surface area contributed by atoms with Crippen LogP contribution in [0.4, 0.5) is 0 Å². The first-order chi connectivity index (χ1) is 12.6. The molecule has 0 unspecified atom stereocenters. The number of carboxylic acid groups (broad SMARTS) is 1. The molecule has 1 amide bonds. The maximum atomic E-state index is 12.7. The van der Waals surface area contributed by atoms with Gasteiger partial charge in [-0.2, -0.15) is 5.10 Å². The largest absolute Gasteiger partial charge is 0.476 e. The Hall–Kier alpha value is -3.48. The summed E-state index contributed by atoms with van der Waals surface area (Å²) in [4.78, 5) is 29.9. The number of carboxylic acids is 1. The van der Waals surface area contributed by atoms with Gasteiger partial charge in [0.05, 0.1) is 17.9 Å². The number of aromatic carboxylic acids is 1. The summed E-state index contributed by atoms with van der Waals surface area (Å²) in [5, 5.41) is 13.9. The number of amides is 1. The van der Waals surface area contributed by atoms with Gasteiger partial charge >= 0.3 is 5.97 Å². The molecule has 26 heavy (non-hydrogen) atoms. The van der Waals surface area contributed by atoms with E-state index in [4.69, 9.17) is 0 Å². The highest BCUT2D eigenvalue weighted by Gasteiger charge is 2.30. The highest BCUT2D eigenvalue weighted by molar-refractivity contribution is 5.94. The Morgan fingerprint density at radius 3 is 2.46 bits per heavy atom. The summed E-state index contributed by atoms with van der Waals surface area (Å²) < 4.78 is 1.67. The van der Waals surface area contributed by atoms with Crippen molar-refractivity contribution in [1.29, 1.82) is 0 Å². The predicted molar refractivity (Wildman–Crippen MR) is 93.2 cm³/mol. The maximum absolute atomic E-state index is 12.7. The van der Waals surface area contributed by atoms with Gasteiger partial charge < -0.3 is 10.0 Å². The zero-order chi connectivity index (χ0) is 18.1. The van der Waals surface area contributed by atoms with E-state index >= 15 is 0 Å². The van der Waals surface area contributed by atoms with Crippen LogP contribution in [0.5, 0.6) is 0 Å². The van der Waals surface area contributed by atoms with E-state index in [2.05, 4.69) is 10.1 Å². The van der Waals surface area contributed by atoms with E-state index in [1.54, 1.807) is 34.1 Å². The van der Waals surface area contributed by atoms with Crippen LogP contribution in [0.3, 0.4) is 0 Å². The Morgan fingerprint density at radius 1 is 1.04 bits per heavy atom. The van der Waals surface area contributed by atoms with Gasteiger partial charge in [0.15, 0.2) is 5.69 Å². The molecule has 130 valence electrons. The zero-order valence-electron chi connectivity index (χ0n) is 13.9. The third-order valence-electron chi connectivity index (χ3n) is 4.48. The molecule has 3 aromatic rings. The van der Waals surface area contributed by atoms with Crippen molar-refractivity contribution in [3.05, 3.63) is 77.4 Å². The van der Waals surface area contributed by atoms with Crippen molar-refractivity contribution in [3.63, 3.8) is 0 Å². The molecule has 3 heterocycles. The molecule has 0 fully saturated rings. The van der Waals surface area contributed by atoms with Gasteiger partial charge in [0.1, 0.15) is 0 Å². The lowest BCUT2D eigenvalue weighted by atomic mass is 10.0. The lowest BCUT2D eigenvalue weighted by molar-refractivity contribution is 0.0674. The Kier molecular flexibility index (Phi) is 3.96. The zero-order valence-corrected chi connectivity index (χ0v) is 13.9. The number of rotatable bonds is 3. The molecule has 7 nitrogen and oxygen atoms in total. The third-order valence-corrected chi connectivity index (χ3v) is 4.48. The van der Waals surface area contributed by atoms with Gasteiger partial charge in [0, 0.05) is 36.5 Å². The minimum Gasteiger partial charge on any atom is -0.476 e. The fourth-order valence-corrected chi connectivity index (χ4v) is 3.22. The summed E-state index contributed by atoms with van der Waals surface area (Å²) in [6, 6.07) is 12.7. The molecule has 1 aromatic carbocycles. The number of carbonyl (C=O) groups excluding carboxylic acids is 1. The molecule has 1 aliphatic rings. The van der Waals surface area contributed by atoms with E-state index in [-0.39, 0.29) is 18.1 Å². The van der Waals surface area contributed by atoms with Gasteiger partial charge in [-0.15, -0.1) is 0 Å². The Balaban J connectivity index is 1.72. The molecular weight excluding hydrogens is 332 g/mol. The molecule has 0 saturated carbocycles. The molecular formula is C19H16N4O3. The van der Waals surface area contributed by atoms with E-state index in [1.165, 1.54) is 0 Å². The molecule has 0 bridgehead atoms. The highest BCUT2D eigenvalue weighted by atomic mass is 16.4. The fraction of sp³-hybridized carbons (Fsp3) is 0.158. The van der Waals surface area contributed by atoms with Gasteiger partial charge in [0.2, 0.25) is 0 Å². The van der Waals surface area contributed by atoms with Gasteiger partial charge in [-0.05, 0) is 24.3 Å². The predicted octanol–water partition coefficient (Wildman–Crippen LogP) is 2.16. The van der Waals surface area contributed by atoms with Crippen LogP contribution in [0, 0.1) is 0 Å². The van der Waals surface area contributed by atoms with Crippen LogP contribution in [-0.2, 0) is 13.0 Å². The molecule has 1 aliphatic heterocycles. The van der Waals surface area contributed by atoms with Crippen LogP contribution in [0.2, 0.25) is 0 Å². The lowest BCUT2D eigenvalue weighted by Crippen LogP contribution is -2.36. The lowest BCUT2D eigenvalue weighted by Gasteiger charge is -2.27. The molecule has 0 atom stereocenters. The van der Waals surface area contributed by atoms with Crippen LogP contribution >= 0.6 is 0 Å². The molecule has 0 radical (unpaired) electrons. The van der Waals surface area contributed by atoms with Crippen molar-refractivity contribution in [2.75, 3.05) is 6.54 Å². The number of para-hydroxylation sites is 1. The molecule has 0 spiro atoms. The molecule has 7 heteroatoms. The first kappa shape index (κ1) is 16.0. The van der Waals surface area contributed by atoms with E-state index in [1.807, 2.05) is 30.3 Å². The van der Waals surface area contributed by atoms with Gasteiger partial charge in [0.25, 0.3) is 5.91 Å². The Labute approximate surface area is 149 Å². The quantitative estimate of drug-likeness (QED) is 0.784. The van der Waals surface area contributed by atoms with Crippen molar-refractivity contribution in [1.82, 2.24) is 19.7 Å². The van der Waals surface area contributed by atoms with E-state index in [0.29, 0.717) is 24.1 Å². The minimum absolute atomic E-state index is 0.00363. The third kappa shape index (κ3) is 2.73. The number of pyridine rings is 1. The Bertz CT molecular complexity index is 967. The topological polar surface area (TPSA) is 88.3 Å². The summed E-state index contributed by atoms with van der Waals surface area (Å²) in [5.41, 5.74) is 2.78. The van der Waals surface area contributed by atoms with E-state index < -0.39 is 5.97 Å².